The van der Waals surface area contributed by atoms with Gasteiger partial charge in [0.2, 0.25) is 0 Å². The number of rotatable bonds is 23. The maximum Gasteiger partial charge on any atom is 0.129 e. The summed E-state index contributed by atoms with van der Waals surface area (Å²) in [6.45, 7) is 12.9. The number of ether oxygens (including phenoxy) is 5. The van der Waals surface area contributed by atoms with Crippen LogP contribution >= 0.6 is 0 Å². The number of hydrogen-bond acceptors (Lipinski definition) is 9. The summed E-state index contributed by atoms with van der Waals surface area (Å²) in [6, 6.07) is 0. The third-order valence-corrected chi connectivity index (χ3v) is 4.75. The zero-order valence-corrected chi connectivity index (χ0v) is 24.7. The van der Waals surface area contributed by atoms with E-state index >= 15 is 0 Å². The largest absolute Gasteiger partial charge is 0.391 e. The quantitative estimate of drug-likeness (QED) is 0.190. The fourth-order valence-corrected chi connectivity index (χ4v) is 2.55. The first-order chi connectivity index (χ1) is 17.6. The molecule has 0 spiro atoms. The molecule has 1 N–H and O–H groups in total. The molecule has 0 saturated heterocycles. The first-order valence-corrected chi connectivity index (χ1v) is 13.5. The highest BCUT2D eigenvalue weighted by Crippen LogP contribution is 1.99. The van der Waals surface area contributed by atoms with Crippen LogP contribution in [0.15, 0.2) is 0 Å². The second kappa shape index (κ2) is 32.8. The van der Waals surface area contributed by atoms with Gasteiger partial charge >= 0.3 is 0 Å². The molecule has 222 valence electrons. The van der Waals surface area contributed by atoms with E-state index in [2.05, 4.69) is 0 Å². The maximum absolute atomic E-state index is 10.6. The van der Waals surface area contributed by atoms with E-state index in [0.717, 1.165) is 51.7 Å². The number of ketones is 3. The van der Waals surface area contributed by atoms with E-state index < -0.39 is 6.10 Å². The van der Waals surface area contributed by atoms with Gasteiger partial charge in [-0.2, -0.15) is 0 Å². The molecule has 0 rings (SSSR count). The molecule has 0 aromatic rings. The van der Waals surface area contributed by atoms with Gasteiger partial charge in [0.05, 0.1) is 38.6 Å². The van der Waals surface area contributed by atoms with Crippen LogP contribution in [-0.4, -0.2) is 95.1 Å². The first-order valence-electron chi connectivity index (χ1n) is 13.5. The molecule has 0 radical (unpaired) electrons. The molecule has 9 nitrogen and oxygen atoms in total. The minimum atomic E-state index is -0.391. The molecular weight excluding hydrogens is 480 g/mol. The molecule has 37 heavy (non-hydrogen) atoms. The van der Waals surface area contributed by atoms with E-state index in [0.29, 0.717) is 52.3 Å². The summed E-state index contributed by atoms with van der Waals surface area (Å²) in [5, 5.41) is 8.82. The average molecular weight is 537 g/mol. The number of aliphatic hydroxyl groups excluding tert-OH is 1. The van der Waals surface area contributed by atoms with E-state index in [4.69, 9.17) is 28.8 Å². The van der Waals surface area contributed by atoms with Crippen molar-refractivity contribution in [3.05, 3.63) is 0 Å². The van der Waals surface area contributed by atoms with Crippen LogP contribution in [-0.2, 0) is 38.1 Å². The number of unbranched alkanes of at least 4 members (excludes halogenated alkanes) is 3. The fourth-order valence-electron chi connectivity index (χ4n) is 2.55. The van der Waals surface area contributed by atoms with E-state index in [-0.39, 0.29) is 23.5 Å². The first kappa shape index (κ1) is 40.3. The zero-order chi connectivity index (χ0) is 28.7. The predicted octanol–water partition coefficient (Wildman–Crippen LogP) is 4.35. The number of carbonyl (C=O) groups excluding carboxylic acids is 3. The van der Waals surface area contributed by atoms with E-state index in [1.165, 1.54) is 0 Å². The lowest BCUT2D eigenvalue weighted by Crippen LogP contribution is -2.14. The van der Waals surface area contributed by atoms with Crippen molar-refractivity contribution < 1.29 is 43.2 Å². The Labute approximate surface area is 225 Å². The Hall–Kier alpha value is -1.23. The van der Waals surface area contributed by atoms with Gasteiger partial charge in [0.25, 0.3) is 0 Å². The van der Waals surface area contributed by atoms with Gasteiger partial charge < -0.3 is 43.2 Å². The summed E-state index contributed by atoms with van der Waals surface area (Å²) in [6.07, 6.45) is 7.31. The molecule has 0 aromatic heterocycles. The van der Waals surface area contributed by atoms with Crippen LogP contribution in [0.3, 0.4) is 0 Å². The fraction of sp³-hybridized carbons (Fsp3) is 0.893. The molecule has 0 amide bonds. The van der Waals surface area contributed by atoms with Crippen molar-refractivity contribution >= 4 is 17.3 Å². The van der Waals surface area contributed by atoms with Gasteiger partial charge in [-0.15, -0.1) is 0 Å². The highest BCUT2D eigenvalue weighted by Gasteiger charge is 1.99. The van der Waals surface area contributed by atoms with Crippen LogP contribution < -0.4 is 0 Å². The second-order valence-corrected chi connectivity index (χ2v) is 9.13. The van der Waals surface area contributed by atoms with Crippen molar-refractivity contribution in [3.63, 3.8) is 0 Å². The van der Waals surface area contributed by atoms with Crippen molar-refractivity contribution in [3.8, 4) is 0 Å². The maximum atomic E-state index is 10.6. The Kier molecular flexibility index (Phi) is 35.7. The molecule has 0 heterocycles. The summed E-state index contributed by atoms with van der Waals surface area (Å²) >= 11 is 0. The van der Waals surface area contributed by atoms with Crippen LogP contribution in [0.2, 0.25) is 0 Å². The van der Waals surface area contributed by atoms with Crippen LogP contribution in [0.25, 0.3) is 0 Å². The standard InChI is InChI=1S/C10H20O3.2C9H18O3/c1-9(11)6-4-5-7-13-8-10(2)12-3;1-9(10)5-3-4-6-12-8-7-11-2;1-8(10)5-3-4-6-12-7-9(2)11/h10H,4-8H2,1-3H3;3-8H2,1-2H3;9,11H,3-7H2,1-2H3. The average Bonchev–Trinajstić information content (AvgIpc) is 2.83. The lowest BCUT2D eigenvalue weighted by molar-refractivity contribution is -0.118. The van der Waals surface area contributed by atoms with Gasteiger partial charge in [-0.1, -0.05) is 0 Å². The molecule has 0 fully saturated rings. The summed E-state index contributed by atoms with van der Waals surface area (Å²) < 4.78 is 25.5. The molecule has 9 heteroatoms. The van der Waals surface area contributed by atoms with Crippen molar-refractivity contribution in [1.82, 2.24) is 0 Å². The van der Waals surface area contributed by atoms with Crippen LogP contribution in [0.5, 0.6) is 0 Å². The van der Waals surface area contributed by atoms with Crippen LogP contribution in [0.1, 0.15) is 92.4 Å². The third-order valence-electron chi connectivity index (χ3n) is 4.75. The van der Waals surface area contributed by atoms with Gasteiger partial charge in [-0.25, -0.2) is 0 Å². The van der Waals surface area contributed by atoms with E-state index in [1.807, 2.05) is 6.92 Å². The summed E-state index contributed by atoms with van der Waals surface area (Å²) in [7, 11) is 3.32. The molecular formula is C28H56O9. The molecule has 0 saturated carbocycles. The Morgan fingerprint density at radius 3 is 1.35 bits per heavy atom. The van der Waals surface area contributed by atoms with Crippen molar-refractivity contribution in [1.29, 1.82) is 0 Å². The molecule has 2 atom stereocenters. The predicted molar refractivity (Wildman–Crippen MR) is 146 cm³/mol. The molecule has 2 unspecified atom stereocenters. The number of aliphatic hydroxyl groups is 1. The Morgan fingerprint density at radius 2 is 1.00 bits per heavy atom. The van der Waals surface area contributed by atoms with Crippen molar-refractivity contribution in [2.75, 3.05) is 60.5 Å². The topological polar surface area (TPSA) is 118 Å². The summed E-state index contributed by atoms with van der Waals surface area (Å²) in [5.41, 5.74) is 0. The summed E-state index contributed by atoms with van der Waals surface area (Å²) in [4.78, 5) is 31.6. The highest BCUT2D eigenvalue weighted by molar-refractivity contribution is 5.75. The minimum absolute atomic E-state index is 0.160. The Bertz CT molecular complexity index is 510. The Morgan fingerprint density at radius 1 is 0.595 bits per heavy atom. The summed E-state index contributed by atoms with van der Waals surface area (Å²) in [5.74, 6) is 0.739. The van der Waals surface area contributed by atoms with Crippen molar-refractivity contribution in [2.45, 2.75) is 105 Å². The molecule has 0 bridgehead atoms. The normalized spacial score (nSPS) is 12.0. The molecule has 0 aliphatic heterocycles. The molecule has 0 aromatic carbocycles. The third kappa shape index (κ3) is 48.4. The second-order valence-electron chi connectivity index (χ2n) is 9.13. The number of hydrogen-bond donors (Lipinski definition) is 1. The van der Waals surface area contributed by atoms with Gasteiger partial charge in [0, 0.05) is 53.3 Å². The number of methoxy groups -OCH3 is 2. The van der Waals surface area contributed by atoms with E-state index in [1.54, 1.807) is 41.9 Å². The van der Waals surface area contributed by atoms with Gasteiger partial charge in [0.15, 0.2) is 0 Å². The molecule has 0 aliphatic rings. The lowest BCUT2D eigenvalue weighted by Gasteiger charge is -2.09. The lowest BCUT2D eigenvalue weighted by atomic mass is 10.2. The highest BCUT2D eigenvalue weighted by atomic mass is 16.5. The smallest absolute Gasteiger partial charge is 0.129 e. The van der Waals surface area contributed by atoms with Gasteiger partial charge in [0.1, 0.15) is 17.3 Å². The molecule has 0 aliphatic carbocycles. The van der Waals surface area contributed by atoms with Gasteiger partial charge in [-0.05, 0) is 73.1 Å². The van der Waals surface area contributed by atoms with Gasteiger partial charge in [-0.3, -0.25) is 0 Å². The zero-order valence-electron chi connectivity index (χ0n) is 24.7. The number of Topliss-reactive ketones (excluding diaryl/α,β-unsaturated/α-hetero) is 3. The number of carbonyl (C=O) groups is 3. The van der Waals surface area contributed by atoms with E-state index in [9.17, 15) is 14.4 Å². The van der Waals surface area contributed by atoms with Crippen LogP contribution in [0, 0.1) is 0 Å². The SMILES string of the molecule is CC(=O)CCCCOCC(C)O.COC(C)COCCCCC(C)=O.COCCOCCCCC(C)=O. The monoisotopic (exact) mass is 536 g/mol. The van der Waals surface area contributed by atoms with Crippen LogP contribution in [0.4, 0.5) is 0 Å². The van der Waals surface area contributed by atoms with Crippen molar-refractivity contribution in [2.24, 2.45) is 0 Å². The Balaban J connectivity index is -0.000000469. The minimum Gasteiger partial charge on any atom is -0.391 e.